The number of aromatic nitrogens is 5. The lowest BCUT2D eigenvalue weighted by Gasteiger charge is -2.15. The molecule has 0 spiro atoms. The molecular weight excluding hydrogens is 334 g/mol. The summed E-state index contributed by atoms with van der Waals surface area (Å²) in [6.07, 6.45) is 1.77. The monoisotopic (exact) mass is 355 g/mol. The van der Waals surface area contributed by atoms with Crippen LogP contribution in [0.3, 0.4) is 0 Å². The van der Waals surface area contributed by atoms with Gasteiger partial charge in [0.15, 0.2) is 11.2 Å². The van der Waals surface area contributed by atoms with Crippen molar-refractivity contribution in [2.75, 3.05) is 6.61 Å². The molecule has 3 aromatic rings. The van der Waals surface area contributed by atoms with E-state index in [0.29, 0.717) is 12.1 Å². The molecule has 0 unspecified atom stereocenters. The molecule has 2 aromatic heterocycles. The maximum Gasteiger partial charge on any atom is 0.329 e. The molecule has 8 nitrogen and oxygen atoms in total. The van der Waals surface area contributed by atoms with Gasteiger partial charge in [0.05, 0.1) is 12.3 Å². The van der Waals surface area contributed by atoms with E-state index in [2.05, 4.69) is 15.3 Å². The van der Waals surface area contributed by atoms with Crippen molar-refractivity contribution in [3.8, 4) is 5.69 Å². The van der Waals surface area contributed by atoms with Crippen LogP contribution in [0.4, 0.5) is 0 Å². The number of carbonyl (C=O) groups excluding carboxylic acids is 1. The van der Waals surface area contributed by atoms with Gasteiger partial charge in [-0.2, -0.15) is 4.68 Å². The molecule has 0 aliphatic rings. The van der Waals surface area contributed by atoms with Gasteiger partial charge in [0.1, 0.15) is 12.4 Å². The van der Waals surface area contributed by atoms with Crippen LogP contribution in [0.1, 0.15) is 37.4 Å². The number of esters is 1. The van der Waals surface area contributed by atoms with E-state index >= 15 is 0 Å². The summed E-state index contributed by atoms with van der Waals surface area (Å²) >= 11 is 0. The van der Waals surface area contributed by atoms with Crippen LogP contribution in [0, 0.1) is 13.8 Å². The van der Waals surface area contributed by atoms with Crippen molar-refractivity contribution in [3.63, 3.8) is 0 Å². The summed E-state index contributed by atoms with van der Waals surface area (Å²) in [4.78, 5) is 29.2. The van der Waals surface area contributed by atoms with E-state index in [1.807, 2.05) is 39.0 Å². The fraction of sp³-hybridized carbons (Fsp3) is 0.389. The third kappa shape index (κ3) is 2.98. The van der Waals surface area contributed by atoms with Gasteiger partial charge in [0, 0.05) is 0 Å². The van der Waals surface area contributed by atoms with E-state index in [4.69, 9.17) is 4.74 Å². The van der Waals surface area contributed by atoms with Crippen molar-refractivity contribution in [2.24, 2.45) is 0 Å². The summed E-state index contributed by atoms with van der Waals surface area (Å²) in [5, 5.41) is 8.07. The summed E-state index contributed by atoms with van der Waals surface area (Å²) in [6, 6.07) is 5.11. The standard InChI is InChI=1S/C18H21N5O3/c1-5-14(18(25)26-6-2)22-10-19-16-15(17(22)24)20-21-23(16)13-8-7-11(3)12(4)9-13/h7-10,14H,5-6H2,1-4H3/t14-/m1/s1. The van der Waals surface area contributed by atoms with Gasteiger partial charge >= 0.3 is 5.97 Å². The Hall–Kier alpha value is -3.03. The van der Waals surface area contributed by atoms with Gasteiger partial charge in [-0.3, -0.25) is 9.36 Å². The molecule has 136 valence electrons. The first-order valence-electron chi connectivity index (χ1n) is 8.54. The minimum absolute atomic E-state index is 0.119. The molecule has 0 saturated carbocycles. The molecule has 0 aliphatic heterocycles. The Kier molecular flexibility index (Phi) is 4.83. The third-order valence-electron chi connectivity index (χ3n) is 4.40. The number of benzene rings is 1. The van der Waals surface area contributed by atoms with E-state index in [1.54, 1.807) is 6.92 Å². The van der Waals surface area contributed by atoms with Crippen LogP contribution in [-0.4, -0.2) is 37.1 Å². The molecule has 26 heavy (non-hydrogen) atoms. The van der Waals surface area contributed by atoms with Crippen LogP contribution in [0.15, 0.2) is 29.3 Å². The molecular formula is C18H21N5O3. The molecule has 2 heterocycles. The van der Waals surface area contributed by atoms with Gasteiger partial charge in [-0.15, -0.1) is 5.10 Å². The summed E-state index contributed by atoms with van der Waals surface area (Å²) in [7, 11) is 0. The normalized spacial score (nSPS) is 12.3. The number of aryl methyl sites for hydroxylation is 2. The third-order valence-corrected chi connectivity index (χ3v) is 4.40. The highest BCUT2D eigenvalue weighted by molar-refractivity contribution is 5.75. The van der Waals surface area contributed by atoms with Crippen LogP contribution in [0.2, 0.25) is 0 Å². The number of fused-ring (bicyclic) bond motifs is 1. The van der Waals surface area contributed by atoms with Crippen molar-refractivity contribution in [1.29, 1.82) is 0 Å². The molecule has 0 bridgehead atoms. The summed E-state index contributed by atoms with van der Waals surface area (Å²) in [5.74, 6) is -0.459. The average Bonchev–Trinajstić information content (AvgIpc) is 3.05. The van der Waals surface area contributed by atoms with Crippen molar-refractivity contribution in [2.45, 2.75) is 40.2 Å². The lowest BCUT2D eigenvalue weighted by molar-refractivity contribution is -0.147. The Labute approximate surface area is 150 Å². The lowest BCUT2D eigenvalue weighted by Crippen LogP contribution is -2.31. The predicted molar refractivity (Wildman–Crippen MR) is 96.4 cm³/mol. The quantitative estimate of drug-likeness (QED) is 0.651. The van der Waals surface area contributed by atoms with Crippen LogP contribution < -0.4 is 5.56 Å². The Morgan fingerprint density at radius 3 is 2.65 bits per heavy atom. The summed E-state index contributed by atoms with van der Waals surface area (Å²) < 4.78 is 7.84. The molecule has 0 N–H and O–H groups in total. The largest absolute Gasteiger partial charge is 0.464 e. The molecule has 0 aliphatic carbocycles. The van der Waals surface area contributed by atoms with Gasteiger partial charge in [-0.05, 0) is 50.5 Å². The zero-order chi connectivity index (χ0) is 18.8. The topological polar surface area (TPSA) is 91.9 Å². The SMILES string of the molecule is CCOC(=O)[C@@H](CC)n1cnc2c(nnn2-c2ccc(C)c(C)c2)c1=O. The van der Waals surface area contributed by atoms with Crippen LogP contribution in [-0.2, 0) is 9.53 Å². The smallest absolute Gasteiger partial charge is 0.329 e. The van der Waals surface area contributed by atoms with Crippen LogP contribution in [0.25, 0.3) is 16.9 Å². The first-order chi connectivity index (χ1) is 12.5. The molecule has 3 rings (SSSR count). The number of hydrogen-bond donors (Lipinski definition) is 0. The maximum absolute atomic E-state index is 12.8. The first-order valence-corrected chi connectivity index (χ1v) is 8.54. The summed E-state index contributed by atoms with van der Waals surface area (Å²) in [5.41, 5.74) is 3.10. The van der Waals surface area contributed by atoms with Gasteiger partial charge in [0.2, 0.25) is 0 Å². The van der Waals surface area contributed by atoms with Crippen molar-refractivity contribution < 1.29 is 9.53 Å². The first kappa shape index (κ1) is 17.8. The average molecular weight is 355 g/mol. The maximum atomic E-state index is 12.8. The Bertz CT molecular complexity index is 1020. The molecule has 1 atom stereocenters. The second-order valence-corrected chi connectivity index (χ2v) is 6.08. The zero-order valence-corrected chi connectivity index (χ0v) is 15.3. The van der Waals surface area contributed by atoms with E-state index in [9.17, 15) is 9.59 Å². The number of carbonyl (C=O) groups is 1. The number of rotatable bonds is 5. The van der Waals surface area contributed by atoms with E-state index in [1.165, 1.54) is 15.6 Å². The molecule has 0 radical (unpaired) electrons. The molecule has 8 heteroatoms. The fourth-order valence-corrected chi connectivity index (χ4v) is 2.79. The van der Waals surface area contributed by atoms with Gasteiger partial charge in [-0.1, -0.05) is 18.2 Å². The highest BCUT2D eigenvalue weighted by Gasteiger charge is 2.23. The van der Waals surface area contributed by atoms with Gasteiger partial charge in [-0.25, -0.2) is 9.78 Å². The highest BCUT2D eigenvalue weighted by atomic mass is 16.5. The lowest BCUT2D eigenvalue weighted by atomic mass is 10.1. The predicted octanol–water partition coefficient (Wildman–Crippen LogP) is 2.11. The van der Waals surface area contributed by atoms with E-state index in [0.717, 1.165) is 16.8 Å². The summed E-state index contributed by atoms with van der Waals surface area (Å²) in [6.45, 7) is 7.82. The molecule has 0 saturated heterocycles. The van der Waals surface area contributed by atoms with Crippen LogP contribution >= 0.6 is 0 Å². The van der Waals surface area contributed by atoms with E-state index < -0.39 is 17.6 Å². The second-order valence-electron chi connectivity index (χ2n) is 6.08. The van der Waals surface area contributed by atoms with Crippen molar-refractivity contribution in [3.05, 3.63) is 46.0 Å². The Morgan fingerprint density at radius 1 is 1.23 bits per heavy atom. The molecule has 0 fully saturated rings. The minimum Gasteiger partial charge on any atom is -0.464 e. The second kappa shape index (κ2) is 7.07. The Morgan fingerprint density at radius 2 is 2.00 bits per heavy atom. The zero-order valence-electron chi connectivity index (χ0n) is 15.3. The van der Waals surface area contributed by atoms with Gasteiger partial charge in [0.25, 0.3) is 5.56 Å². The molecule has 1 aromatic carbocycles. The Balaban J connectivity index is 2.10. The number of ether oxygens (including phenoxy) is 1. The fourth-order valence-electron chi connectivity index (χ4n) is 2.79. The highest BCUT2D eigenvalue weighted by Crippen LogP contribution is 2.17. The van der Waals surface area contributed by atoms with E-state index in [-0.39, 0.29) is 12.1 Å². The number of nitrogens with zero attached hydrogens (tertiary/aromatic N) is 5. The minimum atomic E-state index is -0.730. The molecule has 0 amide bonds. The van der Waals surface area contributed by atoms with Crippen molar-refractivity contribution >= 4 is 17.1 Å². The van der Waals surface area contributed by atoms with Gasteiger partial charge < -0.3 is 4.74 Å². The number of hydrogen-bond acceptors (Lipinski definition) is 6. The van der Waals surface area contributed by atoms with Crippen molar-refractivity contribution in [1.82, 2.24) is 24.5 Å². The van der Waals surface area contributed by atoms with Crippen LogP contribution in [0.5, 0.6) is 0 Å².